The molecule has 82 valence electrons. The lowest BCUT2D eigenvalue weighted by Crippen LogP contribution is -2.16. The van der Waals surface area contributed by atoms with Crippen LogP contribution in [0.3, 0.4) is 0 Å². The normalized spacial score (nSPS) is 18.6. The Morgan fingerprint density at radius 2 is 2.40 bits per heavy atom. The minimum absolute atomic E-state index is 0.287. The average Bonchev–Trinajstić information content (AvgIpc) is 2.60. The summed E-state index contributed by atoms with van der Waals surface area (Å²) in [5.41, 5.74) is 1.13. The van der Waals surface area contributed by atoms with Crippen molar-refractivity contribution in [3.05, 3.63) is 23.8 Å². The van der Waals surface area contributed by atoms with E-state index in [2.05, 4.69) is 5.32 Å². The molecule has 0 radical (unpaired) electrons. The van der Waals surface area contributed by atoms with E-state index in [1.165, 1.54) is 0 Å². The number of nitrogens with one attached hydrogen (secondary N) is 1. The van der Waals surface area contributed by atoms with Gasteiger partial charge in [-0.3, -0.25) is 0 Å². The number of aromatic hydroxyl groups is 1. The third-order valence-electron chi connectivity index (χ3n) is 2.74. The van der Waals surface area contributed by atoms with E-state index in [1.54, 1.807) is 12.1 Å². The lowest BCUT2D eigenvalue weighted by molar-refractivity contribution is 0.218. The largest absolute Gasteiger partial charge is 0.508 e. The zero-order valence-corrected chi connectivity index (χ0v) is 8.99. The maximum atomic E-state index is 9.33. The molecule has 15 heavy (non-hydrogen) atoms. The molecule has 0 fully saturated rings. The summed E-state index contributed by atoms with van der Waals surface area (Å²) < 4.78 is 5.77. The summed E-state index contributed by atoms with van der Waals surface area (Å²) in [4.78, 5) is 0. The van der Waals surface area contributed by atoms with E-state index in [4.69, 9.17) is 4.74 Å². The first kappa shape index (κ1) is 10.3. The van der Waals surface area contributed by atoms with Crippen molar-refractivity contribution in [1.82, 2.24) is 5.32 Å². The van der Waals surface area contributed by atoms with Crippen molar-refractivity contribution < 1.29 is 9.84 Å². The second-order valence-electron chi connectivity index (χ2n) is 3.98. The minimum Gasteiger partial charge on any atom is -0.508 e. The number of rotatable bonds is 4. The Balaban J connectivity index is 1.91. The van der Waals surface area contributed by atoms with Gasteiger partial charge in [-0.2, -0.15) is 0 Å². The van der Waals surface area contributed by atoms with Crippen LogP contribution in [0.5, 0.6) is 11.5 Å². The smallest absolute Gasteiger partial charge is 0.123 e. The Bertz CT molecular complexity index is 338. The molecule has 1 aliphatic heterocycles. The first-order chi connectivity index (χ1) is 7.29. The Hall–Kier alpha value is -1.22. The lowest BCUT2D eigenvalue weighted by atomic mass is 10.1. The predicted molar refractivity (Wildman–Crippen MR) is 59.4 cm³/mol. The number of hydrogen-bond donors (Lipinski definition) is 2. The second-order valence-corrected chi connectivity index (χ2v) is 3.98. The van der Waals surface area contributed by atoms with Gasteiger partial charge in [-0.05, 0) is 44.6 Å². The number of fused-ring (bicyclic) bond motifs is 1. The molecule has 1 aliphatic rings. The molecule has 0 aromatic heterocycles. The Labute approximate surface area is 90.1 Å². The fraction of sp³-hybridized carbons (Fsp3) is 0.500. The van der Waals surface area contributed by atoms with Gasteiger partial charge in [0.2, 0.25) is 0 Å². The first-order valence-corrected chi connectivity index (χ1v) is 5.43. The van der Waals surface area contributed by atoms with Crippen molar-refractivity contribution >= 4 is 0 Å². The Morgan fingerprint density at radius 1 is 1.53 bits per heavy atom. The van der Waals surface area contributed by atoms with E-state index < -0.39 is 0 Å². The molecular weight excluding hydrogens is 190 g/mol. The molecule has 2 N–H and O–H groups in total. The number of ether oxygens (including phenoxy) is 1. The van der Waals surface area contributed by atoms with Gasteiger partial charge >= 0.3 is 0 Å². The van der Waals surface area contributed by atoms with Crippen molar-refractivity contribution in [2.45, 2.75) is 25.4 Å². The van der Waals surface area contributed by atoms with Crippen molar-refractivity contribution in [3.8, 4) is 11.5 Å². The molecule has 3 heteroatoms. The highest BCUT2D eigenvalue weighted by Gasteiger charge is 2.22. The maximum absolute atomic E-state index is 9.33. The molecule has 0 aliphatic carbocycles. The topological polar surface area (TPSA) is 41.5 Å². The summed E-state index contributed by atoms with van der Waals surface area (Å²) in [7, 11) is 1.96. The van der Waals surface area contributed by atoms with Crippen LogP contribution in [0.1, 0.15) is 18.4 Å². The second kappa shape index (κ2) is 4.53. The fourth-order valence-corrected chi connectivity index (χ4v) is 1.97. The Morgan fingerprint density at radius 3 is 3.20 bits per heavy atom. The molecule has 1 heterocycles. The molecule has 0 bridgehead atoms. The summed E-state index contributed by atoms with van der Waals surface area (Å²) in [6, 6.07) is 5.32. The van der Waals surface area contributed by atoms with Crippen LogP contribution >= 0.6 is 0 Å². The molecule has 1 aromatic rings. The molecule has 0 amide bonds. The molecule has 0 saturated carbocycles. The van der Waals surface area contributed by atoms with Gasteiger partial charge in [0, 0.05) is 12.0 Å². The van der Waals surface area contributed by atoms with E-state index in [0.717, 1.165) is 37.1 Å². The highest BCUT2D eigenvalue weighted by molar-refractivity contribution is 5.42. The van der Waals surface area contributed by atoms with Crippen molar-refractivity contribution in [2.24, 2.45) is 0 Å². The van der Waals surface area contributed by atoms with Gasteiger partial charge in [-0.15, -0.1) is 0 Å². The molecule has 1 unspecified atom stereocenters. The number of benzene rings is 1. The van der Waals surface area contributed by atoms with Crippen molar-refractivity contribution in [2.75, 3.05) is 13.6 Å². The van der Waals surface area contributed by atoms with E-state index in [-0.39, 0.29) is 6.10 Å². The number of phenolic OH excluding ortho intramolecular Hbond substituents is 1. The highest BCUT2D eigenvalue weighted by Crippen LogP contribution is 2.32. The first-order valence-electron chi connectivity index (χ1n) is 5.43. The number of hydrogen-bond acceptors (Lipinski definition) is 3. The van der Waals surface area contributed by atoms with Crippen LogP contribution in [-0.2, 0) is 6.42 Å². The van der Waals surface area contributed by atoms with E-state index in [9.17, 15) is 5.11 Å². The molecule has 0 spiro atoms. The van der Waals surface area contributed by atoms with Gasteiger partial charge in [0.05, 0.1) is 0 Å². The van der Waals surface area contributed by atoms with Crippen LogP contribution in [0.2, 0.25) is 0 Å². The fourth-order valence-electron chi connectivity index (χ4n) is 1.97. The van der Waals surface area contributed by atoms with Crippen LogP contribution in [0.15, 0.2) is 18.2 Å². The Kier molecular flexibility index (Phi) is 3.11. The van der Waals surface area contributed by atoms with E-state index >= 15 is 0 Å². The standard InChI is InChI=1S/C12H17NO2/c1-13-6-2-3-11-8-9-7-10(14)4-5-12(9)15-11/h4-5,7,11,13-14H,2-3,6,8H2,1H3. The van der Waals surface area contributed by atoms with E-state index in [0.29, 0.717) is 5.75 Å². The summed E-state index contributed by atoms with van der Waals surface area (Å²) in [6.07, 6.45) is 3.40. The van der Waals surface area contributed by atoms with Gasteiger partial charge in [0.15, 0.2) is 0 Å². The van der Waals surface area contributed by atoms with Gasteiger partial charge in [0.25, 0.3) is 0 Å². The molecule has 1 aromatic carbocycles. The van der Waals surface area contributed by atoms with Crippen molar-refractivity contribution in [1.29, 1.82) is 0 Å². The van der Waals surface area contributed by atoms with Gasteiger partial charge in [0.1, 0.15) is 17.6 Å². The van der Waals surface area contributed by atoms with Crippen LogP contribution < -0.4 is 10.1 Å². The third-order valence-corrected chi connectivity index (χ3v) is 2.74. The molecule has 3 nitrogen and oxygen atoms in total. The van der Waals surface area contributed by atoms with Gasteiger partial charge < -0.3 is 15.2 Å². The summed E-state index contributed by atoms with van der Waals surface area (Å²) in [5, 5.41) is 12.5. The summed E-state index contributed by atoms with van der Waals surface area (Å²) in [6.45, 7) is 1.03. The van der Waals surface area contributed by atoms with Gasteiger partial charge in [-0.25, -0.2) is 0 Å². The quantitative estimate of drug-likeness (QED) is 0.738. The zero-order valence-electron chi connectivity index (χ0n) is 8.99. The lowest BCUT2D eigenvalue weighted by Gasteiger charge is -2.09. The number of phenols is 1. The molecule has 2 rings (SSSR count). The van der Waals surface area contributed by atoms with Crippen LogP contribution in [0, 0.1) is 0 Å². The molecular formula is C12H17NO2. The summed E-state index contributed by atoms with van der Waals surface area (Å²) in [5.74, 6) is 1.26. The highest BCUT2D eigenvalue weighted by atomic mass is 16.5. The summed E-state index contributed by atoms with van der Waals surface area (Å²) >= 11 is 0. The third kappa shape index (κ3) is 2.42. The zero-order chi connectivity index (χ0) is 10.7. The average molecular weight is 207 g/mol. The van der Waals surface area contributed by atoms with Crippen LogP contribution in [0.4, 0.5) is 0 Å². The van der Waals surface area contributed by atoms with Gasteiger partial charge in [-0.1, -0.05) is 0 Å². The minimum atomic E-state index is 0.287. The molecule has 1 atom stereocenters. The predicted octanol–water partition coefficient (Wildman–Crippen LogP) is 1.70. The van der Waals surface area contributed by atoms with E-state index in [1.807, 2.05) is 13.1 Å². The SMILES string of the molecule is CNCCCC1Cc2cc(O)ccc2O1. The van der Waals surface area contributed by atoms with Crippen LogP contribution in [0.25, 0.3) is 0 Å². The van der Waals surface area contributed by atoms with Crippen LogP contribution in [-0.4, -0.2) is 24.8 Å². The van der Waals surface area contributed by atoms with Crippen molar-refractivity contribution in [3.63, 3.8) is 0 Å². The molecule has 0 saturated heterocycles. The maximum Gasteiger partial charge on any atom is 0.123 e. The monoisotopic (exact) mass is 207 g/mol.